The smallest absolute Gasteiger partial charge is 0.0619 e. The van der Waals surface area contributed by atoms with Crippen molar-refractivity contribution in [2.75, 3.05) is 0 Å². The van der Waals surface area contributed by atoms with E-state index < -0.39 is 20.2 Å². The molecule has 4 aromatic carbocycles. The molecule has 0 aromatic heterocycles. The molecular weight excluding hydrogens is 731 g/mol. The van der Waals surface area contributed by atoms with Gasteiger partial charge in [-0.2, -0.15) is 0 Å². The van der Waals surface area contributed by atoms with Crippen molar-refractivity contribution in [3.05, 3.63) is 136 Å². The fraction of sp³-hybridized carbons (Fsp3) is 0. The van der Waals surface area contributed by atoms with Crippen LogP contribution in [0.5, 0.6) is 0 Å². The van der Waals surface area contributed by atoms with E-state index in [9.17, 15) is 2.81 Å². The number of rotatable bonds is 4. The summed E-state index contributed by atoms with van der Waals surface area (Å²) in [5, 5.41) is 0. The Bertz CT molecular complexity index is 871. The summed E-state index contributed by atoms with van der Waals surface area (Å²) in [5.74, 6) is 0. The first-order chi connectivity index (χ1) is 14.9. The molecule has 31 heavy (non-hydrogen) atoms. The molecule has 3 nitrogen and oxygen atoms in total. The Morgan fingerprint density at radius 1 is 0.484 bits per heavy atom. The van der Waals surface area contributed by atoms with E-state index >= 15 is 0 Å². The molecule has 0 aliphatic carbocycles. The van der Waals surface area contributed by atoms with Crippen LogP contribution in [0.15, 0.2) is 121 Å². The molecule has 0 unspecified atom stereocenters. The van der Waals surface area contributed by atoms with E-state index in [4.69, 9.17) is 9.79 Å². The van der Waals surface area contributed by atoms with Gasteiger partial charge in [-0.1, -0.05) is 72.8 Å². The van der Waals surface area contributed by atoms with Crippen molar-refractivity contribution in [2.45, 2.75) is 0 Å². The SMILES string of the molecule is [O]=[Sb]([O-])([O-])[F].c1ccc([I+]c2ccccc2)cc1.c1ccc([I+]c2ccccc2)cc1. The van der Waals surface area contributed by atoms with E-state index in [0.717, 1.165) is 0 Å². The third-order valence-corrected chi connectivity index (χ3v) is 8.74. The van der Waals surface area contributed by atoms with Gasteiger partial charge in [0.25, 0.3) is 0 Å². The Kier molecular flexibility index (Phi) is 12.4. The summed E-state index contributed by atoms with van der Waals surface area (Å²) in [6.45, 7) is 0. The first kappa shape index (κ1) is 26.1. The molecule has 0 saturated heterocycles. The van der Waals surface area contributed by atoms with E-state index in [0.29, 0.717) is 0 Å². The van der Waals surface area contributed by atoms with Gasteiger partial charge in [0.15, 0.2) is 14.3 Å². The van der Waals surface area contributed by atoms with Gasteiger partial charge in [-0.05, 0) is 48.5 Å². The van der Waals surface area contributed by atoms with Gasteiger partial charge in [0.05, 0.1) is 0 Å². The number of halogens is 3. The van der Waals surface area contributed by atoms with Crippen LogP contribution in [0.3, 0.4) is 0 Å². The van der Waals surface area contributed by atoms with Crippen LogP contribution < -0.4 is 49.2 Å². The third kappa shape index (κ3) is 13.7. The molecule has 0 fully saturated rings. The topological polar surface area (TPSA) is 63.2 Å². The Morgan fingerprint density at radius 2 is 0.645 bits per heavy atom. The van der Waals surface area contributed by atoms with Gasteiger partial charge < -0.3 is 0 Å². The van der Waals surface area contributed by atoms with Gasteiger partial charge in [-0.15, -0.1) is 0 Å². The van der Waals surface area contributed by atoms with Gasteiger partial charge in [-0.3, -0.25) is 0 Å². The van der Waals surface area contributed by atoms with Crippen LogP contribution in [0.25, 0.3) is 0 Å². The van der Waals surface area contributed by atoms with E-state index in [1.54, 1.807) is 0 Å². The van der Waals surface area contributed by atoms with Crippen LogP contribution in [0.2, 0.25) is 0 Å². The maximum atomic E-state index is 10.2. The zero-order valence-corrected chi connectivity index (χ0v) is 23.2. The standard InChI is InChI=1S/2C12H10I.FH.3O.Sb/c2*1-3-7-11(8-4-1)13-12-9-5-2-6-10-12;;;;;/h2*1-10H;1H;;;;/q2*+1;;;2*-1;+1/p-1. The Balaban J connectivity index is 0.000000182. The summed E-state index contributed by atoms with van der Waals surface area (Å²) in [6.07, 6.45) is 0. The van der Waals surface area contributed by atoms with Crippen molar-refractivity contribution in [1.29, 1.82) is 0 Å². The minimum absolute atomic E-state index is 0.0287. The van der Waals surface area contributed by atoms with Gasteiger partial charge >= 0.3 is 75.2 Å². The van der Waals surface area contributed by atoms with Crippen LogP contribution >= 0.6 is 0 Å². The monoisotopic (exact) mass is 750 g/mol. The molecule has 0 heterocycles. The third-order valence-electron chi connectivity index (χ3n) is 3.37. The van der Waals surface area contributed by atoms with E-state index in [-0.39, 0.29) is 42.4 Å². The first-order valence-corrected chi connectivity index (χ1v) is 17.5. The van der Waals surface area contributed by atoms with Gasteiger partial charge in [0.2, 0.25) is 0 Å². The van der Waals surface area contributed by atoms with E-state index in [1.807, 2.05) is 0 Å². The van der Waals surface area contributed by atoms with E-state index in [1.165, 1.54) is 14.3 Å². The largest absolute Gasteiger partial charge is 0.357 e. The first-order valence-electron chi connectivity index (χ1n) is 9.12. The average molecular weight is 751 g/mol. The zero-order chi connectivity index (χ0) is 22.4. The summed E-state index contributed by atoms with van der Waals surface area (Å²) in [5.41, 5.74) is 0. The fourth-order valence-corrected chi connectivity index (χ4v) is 6.70. The van der Waals surface area contributed by atoms with E-state index in [2.05, 4.69) is 121 Å². The molecule has 0 aliphatic rings. The summed E-state index contributed by atoms with van der Waals surface area (Å²) in [7, 11) is 0. The van der Waals surface area contributed by atoms with Crippen LogP contribution in [0.4, 0.5) is 2.81 Å². The minimum atomic E-state index is -6.35. The second-order valence-corrected chi connectivity index (χ2v) is 14.3. The number of hydrogen-bond donors (Lipinski definition) is 0. The molecule has 0 spiro atoms. The molecule has 4 aromatic rings. The molecule has 7 heteroatoms. The summed E-state index contributed by atoms with van der Waals surface area (Å²) < 4.78 is 41.7. The molecule has 0 aliphatic heterocycles. The molecule has 0 bridgehead atoms. The van der Waals surface area contributed by atoms with Crippen LogP contribution in [-0.4, -0.2) is 20.2 Å². The second kappa shape index (κ2) is 14.8. The molecule has 160 valence electrons. The zero-order valence-electron chi connectivity index (χ0n) is 16.4. The second-order valence-electron chi connectivity index (χ2n) is 5.80. The van der Waals surface area contributed by atoms with Gasteiger partial charge in [0, 0.05) is 0 Å². The Labute approximate surface area is 208 Å². The predicted molar refractivity (Wildman–Crippen MR) is 108 cm³/mol. The Hall–Kier alpha value is -1.19. The van der Waals surface area contributed by atoms with Crippen molar-refractivity contribution >= 4 is 20.2 Å². The van der Waals surface area contributed by atoms with Crippen molar-refractivity contribution in [3.8, 4) is 0 Å². The maximum Gasteiger partial charge on any atom is 0.357 e. The Morgan fingerprint density at radius 3 is 0.806 bits per heavy atom. The number of hydrogen-bond acceptors (Lipinski definition) is 3. The molecule has 0 radical (unpaired) electrons. The van der Waals surface area contributed by atoms with Crippen molar-refractivity contribution in [2.24, 2.45) is 0 Å². The molecule has 0 amide bonds. The summed E-state index contributed by atoms with van der Waals surface area (Å²) in [4.78, 5) is 0. The summed E-state index contributed by atoms with van der Waals surface area (Å²) in [6, 6.07) is 42.8. The van der Waals surface area contributed by atoms with Crippen LogP contribution in [-0.2, 0) is 3.02 Å². The summed E-state index contributed by atoms with van der Waals surface area (Å²) >= 11 is -6.29. The average Bonchev–Trinajstić information content (AvgIpc) is 2.76. The number of benzene rings is 4. The normalized spacial score (nSPS) is 10.2. The fourth-order valence-electron chi connectivity index (χ4n) is 2.16. The quantitative estimate of drug-likeness (QED) is 0.167. The van der Waals surface area contributed by atoms with Crippen molar-refractivity contribution in [1.82, 2.24) is 0 Å². The van der Waals surface area contributed by atoms with Crippen LogP contribution in [0.1, 0.15) is 0 Å². The van der Waals surface area contributed by atoms with Gasteiger partial charge in [0.1, 0.15) is 0 Å². The predicted octanol–water partition coefficient (Wildman–Crippen LogP) is -2.83. The maximum absolute atomic E-state index is 10.2. The van der Waals surface area contributed by atoms with Crippen molar-refractivity contribution in [3.63, 3.8) is 0 Å². The molecule has 0 N–H and O–H groups in total. The van der Waals surface area contributed by atoms with Gasteiger partial charge in [-0.25, -0.2) is 0 Å². The molecule has 0 saturated carbocycles. The minimum Gasteiger partial charge on any atom is -0.0619 e. The van der Waals surface area contributed by atoms with Crippen molar-refractivity contribution < 1.29 is 55.0 Å². The molecular formula is C24H20FI2O3Sb. The molecule has 4 rings (SSSR count). The van der Waals surface area contributed by atoms with Crippen LogP contribution in [0, 0.1) is 14.3 Å². The molecule has 0 atom stereocenters.